The molecule has 1 amide bonds. The van der Waals surface area contributed by atoms with Crippen LogP contribution in [0.15, 0.2) is 12.3 Å². The van der Waals surface area contributed by atoms with E-state index in [-0.39, 0.29) is 12.5 Å². The molecule has 6 nitrogen and oxygen atoms in total. The number of ether oxygens (including phenoxy) is 1. The number of carbonyl (C=O) groups is 2. The summed E-state index contributed by atoms with van der Waals surface area (Å²) in [5.41, 5.74) is 6.72. The fraction of sp³-hybridized carbons (Fsp3) is 0.455. The average Bonchev–Trinajstić information content (AvgIpc) is 3.09. The molecule has 0 unspecified atom stereocenters. The van der Waals surface area contributed by atoms with Gasteiger partial charge in [0.15, 0.2) is 0 Å². The number of amides is 1. The van der Waals surface area contributed by atoms with Gasteiger partial charge in [-0.1, -0.05) is 0 Å². The molecule has 0 aromatic carbocycles. The molecule has 0 radical (unpaired) electrons. The molecule has 92 valence electrons. The van der Waals surface area contributed by atoms with Crippen molar-refractivity contribution in [1.29, 1.82) is 0 Å². The molecular formula is C11H15N3O3. The molecule has 1 aliphatic carbocycles. The molecule has 1 heterocycles. The molecule has 3 N–H and O–H groups in total. The molecule has 0 spiro atoms. The first-order valence-corrected chi connectivity index (χ1v) is 5.44. The van der Waals surface area contributed by atoms with Gasteiger partial charge in [0.1, 0.15) is 12.2 Å². The van der Waals surface area contributed by atoms with Gasteiger partial charge in [0, 0.05) is 12.2 Å². The molecule has 1 aromatic heterocycles. The van der Waals surface area contributed by atoms with E-state index in [9.17, 15) is 9.59 Å². The molecule has 0 saturated heterocycles. The number of hydrogen-bond donors (Lipinski definition) is 2. The number of rotatable bonds is 4. The summed E-state index contributed by atoms with van der Waals surface area (Å²) < 4.78 is 6.31. The van der Waals surface area contributed by atoms with Crippen molar-refractivity contribution in [1.82, 2.24) is 9.88 Å². The highest BCUT2D eigenvalue weighted by atomic mass is 16.5. The summed E-state index contributed by atoms with van der Waals surface area (Å²) >= 11 is 0. The lowest BCUT2D eigenvalue weighted by atomic mass is 10.3. The maximum absolute atomic E-state index is 11.8. The quantitative estimate of drug-likeness (QED) is 0.738. The number of aromatic nitrogens is 1. The van der Waals surface area contributed by atoms with Crippen LogP contribution in [0.25, 0.3) is 0 Å². The van der Waals surface area contributed by atoms with E-state index >= 15 is 0 Å². The van der Waals surface area contributed by atoms with Crippen LogP contribution in [0.4, 0.5) is 5.69 Å². The first-order chi connectivity index (χ1) is 8.11. The molecule has 1 aromatic rings. The minimum atomic E-state index is -0.476. The second-order valence-corrected chi connectivity index (χ2v) is 4.06. The third-order valence-corrected chi connectivity index (χ3v) is 2.66. The Balaban J connectivity index is 2.05. The van der Waals surface area contributed by atoms with Gasteiger partial charge in [-0.2, -0.15) is 0 Å². The third kappa shape index (κ3) is 2.58. The lowest BCUT2D eigenvalue weighted by molar-refractivity contribution is -0.139. The van der Waals surface area contributed by atoms with Crippen LogP contribution in [-0.4, -0.2) is 30.1 Å². The van der Waals surface area contributed by atoms with Crippen LogP contribution >= 0.6 is 0 Å². The van der Waals surface area contributed by atoms with Crippen molar-refractivity contribution in [3.8, 4) is 0 Å². The van der Waals surface area contributed by atoms with Crippen molar-refractivity contribution in [3.63, 3.8) is 0 Å². The molecule has 6 heteroatoms. The molecule has 2 rings (SSSR count). The number of carbonyl (C=O) groups excluding carboxylic acids is 2. The smallest absolute Gasteiger partial charge is 0.325 e. The van der Waals surface area contributed by atoms with Gasteiger partial charge in [0.25, 0.3) is 5.91 Å². The van der Waals surface area contributed by atoms with Crippen LogP contribution < -0.4 is 11.1 Å². The van der Waals surface area contributed by atoms with E-state index < -0.39 is 5.97 Å². The maximum atomic E-state index is 11.8. The Morgan fingerprint density at radius 2 is 2.29 bits per heavy atom. The monoisotopic (exact) mass is 237 g/mol. The number of methoxy groups -OCH3 is 1. The molecule has 17 heavy (non-hydrogen) atoms. The van der Waals surface area contributed by atoms with Crippen LogP contribution in [0.3, 0.4) is 0 Å². The van der Waals surface area contributed by atoms with E-state index in [1.807, 2.05) is 4.57 Å². The lowest BCUT2D eigenvalue weighted by Gasteiger charge is -2.07. The van der Waals surface area contributed by atoms with Crippen LogP contribution in [0.5, 0.6) is 0 Å². The van der Waals surface area contributed by atoms with E-state index in [4.69, 9.17) is 5.73 Å². The van der Waals surface area contributed by atoms with Crippen LogP contribution in [-0.2, 0) is 9.53 Å². The number of esters is 1. The molecule has 0 atom stereocenters. The zero-order chi connectivity index (χ0) is 12.4. The number of nitrogens with one attached hydrogen (secondary N) is 1. The Labute approximate surface area is 98.7 Å². The predicted octanol–water partition coefficient (Wildman–Crippen LogP) is 0.308. The molecule has 0 aliphatic heterocycles. The highest BCUT2D eigenvalue weighted by Crippen LogP contribution is 2.37. The summed E-state index contributed by atoms with van der Waals surface area (Å²) in [6.45, 7) is -0.134. The average molecular weight is 237 g/mol. The Morgan fingerprint density at radius 1 is 1.59 bits per heavy atom. The molecule has 0 bridgehead atoms. The fourth-order valence-electron chi connectivity index (χ4n) is 1.65. The Morgan fingerprint density at radius 3 is 2.88 bits per heavy atom. The van der Waals surface area contributed by atoms with Gasteiger partial charge < -0.3 is 20.4 Å². The first kappa shape index (κ1) is 11.5. The minimum Gasteiger partial charge on any atom is -0.468 e. The SMILES string of the molecule is COC(=O)CNC(=O)c1cc(N)cn1C1CC1. The van der Waals surface area contributed by atoms with Gasteiger partial charge in [-0.05, 0) is 18.9 Å². The van der Waals surface area contributed by atoms with Gasteiger partial charge in [-0.15, -0.1) is 0 Å². The zero-order valence-electron chi connectivity index (χ0n) is 9.60. The maximum Gasteiger partial charge on any atom is 0.325 e. The number of hydrogen-bond acceptors (Lipinski definition) is 4. The van der Waals surface area contributed by atoms with Crippen molar-refractivity contribution in [2.24, 2.45) is 0 Å². The second-order valence-electron chi connectivity index (χ2n) is 4.06. The Bertz CT molecular complexity index is 449. The highest BCUT2D eigenvalue weighted by Gasteiger charge is 2.27. The summed E-state index contributed by atoms with van der Waals surface area (Å²) in [6.07, 6.45) is 3.88. The summed E-state index contributed by atoms with van der Waals surface area (Å²) in [5.74, 6) is -0.783. The highest BCUT2D eigenvalue weighted by molar-refractivity contribution is 5.95. The summed E-state index contributed by atoms with van der Waals surface area (Å²) in [7, 11) is 1.28. The predicted molar refractivity (Wildman–Crippen MR) is 61.5 cm³/mol. The normalized spacial score (nSPS) is 14.4. The van der Waals surface area contributed by atoms with Gasteiger partial charge >= 0.3 is 5.97 Å². The number of anilines is 1. The zero-order valence-corrected chi connectivity index (χ0v) is 9.60. The van der Waals surface area contributed by atoms with E-state index in [0.29, 0.717) is 17.4 Å². The van der Waals surface area contributed by atoms with Crippen LogP contribution in [0.2, 0.25) is 0 Å². The van der Waals surface area contributed by atoms with E-state index in [1.54, 1.807) is 12.3 Å². The van der Waals surface area contributed by atoms with E-state index in [1.165, 1.54) is 7.11 Å². The minimum absolute atomic E-state index is 0.134. The van der Waals surface area contributed by atoms with Crippen molar-refractivity contribution in [3.05, 3.63) is 18.0 Å². The van der Waals surface area contributed by atoms with Crippen molar-refractivity contribution >= 4 is 17.6 Å². The second kappa shape index (κ2) is 4.48. The molecule has 1 saturated carbocycles. The van der Waals surface area contributed by atoms with Crippen molar-refractivity contribution < 1.29 is 14.3 Å². The Hall–Kier alpha value is -1.98. The number of nitrogens with two attached hydrogens (primary N) is 1. The van der Waals surface area contributed by atoms with E-state index in [0.717, 1.165) is 12.8 Å². The van der Waals surface area contributed by atoms with Gasteiger partial charge in [-0.3, -0.25) is 9.59 Å². The number of nitrogens with zero attached hydrogens (tertiary/aromatic N) is 1. The van der Waals surface area contributed by atoms with Crippen LogP contribution in [0, 0.1) is 0 Å². The fourth-order valence-corrected chi connectivity index (χ4v) is 1.65. The third-order valence-electron chi connectivity index (χ3n) is 2.66. The largest absolute Gasteiger partial charge is 0.468 e. The van der Waals surface area contributed by atoms with Gasteiger partial charge in [0.05, 0.1) is 12.8 Å². The van der Waals surface area contributed by atoms with Crippen molar-refractivity contribution in [2.75, 3.05) is 19.4 Å². The number of nitrogen functional groups attached to an aromatic ring is 1. The summed E-state index contributed by atoms with van der Waals surface area (Å²) in [6, 6.07) is 1.98. The van der Waals surface area contributed by atoms with Crippen LogP contribution in [0.1, 0.15) is 29.4 Å². The Kier molecular flexibility index (Phi) is 3.03. The molecule has 1 aliphatic rings. The van der Waals surface area contributed by atoms with Crippen molar-refractivity contribution in [2.45, 2.75) is 18.9 Å². The molecular weight excluding hydrogens is 222 g/mol. The standard InChI is InChI=1S/C11H15N3O3/c1-17-10(15)5-13-11(16)9-4-7(12)6-14(9)8-2-3-8/h4,6,8H,2-3,5,12H2,1H3,(H,13,16). The van der Waals surface area contributed by atoms with E-state index in [2.05, 4.69) is 10.1 Å². The van der Waals surface area contributed by atoms with Gasteiger partial charge in [0.2, 0.25) is 0 Å². The van der Waals surface area contributed by atoms with Gasteiger partial charge in [-0.25, -0.2) is 0 Å². The topological polar surface area (TPSA) is 86.3 Å². The summed E-state index contributed by atoms with van der Waals surface area (Å²) in [5, 5.41) is 2.50. The lowest BCUT2D eigenvalue weighted by Crippen LogP contribution is -2.31. The summed E-state index contributed by atoms with van der Waals surface area (Å²) in [4.78, 5) is 22.8. The molecule has 1 fully saturated rings. The first-order valence-electron chi connectivity index (χ1n) is 5.44.